The molecule has 16 heavy (non-hydrogen) atoms. The van der Waals surface area contributed by atoms with E-state index in [-0.39, 0.29) is 24.9 Å². The first-order valence-corrected chi connectivity index (χ1v) is 4.92. The minimum absolute atomic E-state index is 0. The van der Waals surface area contributed by atoms with Gasteiger partial charge in [0.15, 0.2) is 0 Å². The van der Waals surface area contributed by atoms with E-state index < -0.39 is 6.04 Å². The van der Waals surface area contributed by atoms with Gasteiger partial charge < -0.3 is 5.73 Å². The van der Waals surface area contributed by atoms with Crippen molar-refractivity contribution in [1.82, 2.24) is 5.06 Å². The molecule has 1 aliphatic rings. The van der Waals surface area contributed by atoms with E-state index in [1.165, 1.54) is 10.6 Å². The topological polar surface area (TPSA) is 55.6 Å². The number of carbonyl (C=O) groups is 1. The highest BCUT2D eigenvalue weighted by Crippen LogP contribution is 2.12. The minimum atomic E-state index is -0.504. The summed E-state index contributed by atoms with van der Waals surface area (Å²) in [6.45, 7) is 2.77. The maximum Gasteiger partial charge on any atom is 0.265 e. The van der Waals surface area contributed by atoms with Crippen LogP contribution < -0.4 is 5.73 Å². The first-order valence-electron chi connectivity index (χ1n) is 4.92. The van der Waals surface area contributed by atoms with Gasteiger partial charge in [-0.25, -0.2) is 5.06 Å². The number of hydrogen-bond donors (Lipinski definition) is 1. The fourth-order valence-electron chi connectivity index (χ4n) is 1.47. The molecule has 5 heteroatoms. The molecule has 1 aromatic rings. The second kappa shape index (κ2) is 5.30. The van der Waals surface area contributed by atoms with Gasteiger partial charge in [-0.05, 0) is 12.5 Å². The van der Waals surface area contributed by atoms with Crippen LogP contribution in [0.5, 0.6) is 0 Å². The fourth-order valence-corrected chi connectivity index (χ4v) is 1.47. The summed E-state index contributed by atoms with van der Waals surface area (Å²) < 4.78 is 0. The molecule has 0 bridgehead atoms. The lowest BCUT2D eigenvalue weighted by atomic mass is 10.1. The van der Waals surface area contributed by atoms with E-state index in [1.807, 2.05) is 31.2 Å². The van der Waals surface area contributed by atoms with Crippen LogP contribution in [0, 0.1) is 6.92 Å². The van der Waals surface area contributed by atoms with E-state index in [0.29, 0.717) is 6.54 Å². The number of benzene rings is 1. The van der Waals surface area contributed by atoms with Crippen molar-refractivity contribution >= 4 is 18.3 Å². The van der Waals surface area contributed by atoms with Crippen molar-refractivity contribution in [3.63, 3.8) is 0 Å². The minimum Gasteiger partial charge on any atom is -0.318 e. The Morgan fingerprint density at radius 2 is 2.06 bits per heavy atom. The fraction of sp³-hybridized carbons (Fsp3) is 0.364. The average Bonchev–Trinajstić information content (AvgIpc) is 2.53. The number of hydrogen-bond acceptors (Lipinski definition) is 3. The summed E-state index contributed by atoms with van der Waals surface area (Å²) in [5.74, 6) is -0.143. The second-order valence-electron chi connectivity index (χ2n) is 3.76. The van der Waals surface area contributed by atoms with Gasteiger partial charge in [0, 0.05) is 0 Å². The third-order valence-corrected chi connectivity index (χ3v) is 2.42. The Hall–Kier alpha value is -1.10. The number of nitrogens with zero attached hydrogens (tertiary/aromatic N) is 1. The predicted molar refractivity (Wildman–Crippen MR) is 62.9 cm³/mol. The summed E-state index contributed by atoms with van der Waals surface area (Å²) in [7, 11) is 0. The highest BCUT2D eigenvalue weighted by atomic mass is 35.5. The lowest BCUT2D eigenvalue weighted by Crippen LogP contribution is -2.34. The number of aryl methyl sites for hydroxylation is 1. The maximum absolute atomic E-state index is 11.5. The van der Waals surface area contributed by atoms with Crippen molar-refractivity contribution in [2.45, 2.75) is 19.5 Å². The van der Waals surface area contributed by atoms with Crippen LogP contribution in [0.3, 0.4) is 0 Å². The smallest absolute Gasteiger partial charge is 0.265 e. The summed E-state index contributed by atoms with van der Waals surface area (Å²) in [4.78, 5) is 16.6. The third-order valence-electron chi connectivity index (χ3n) is 2.42. The molecular formula is C11H15ClN2O2. The lowest BCUT2D eigenvalue weighted by Gasteiger charge is -2.13. The zero-order valence-corrected chi connectivity index (χ0v) is 9.87. The molecule has 1 fully saturated rings. The van der Waals surface area contributed by atoms with Gasteiger partial charge in [0.2, 0.25) is 0 Å². The molecule has 0 aromatic heterocycles. The first-order chi connectivity index (χ1) is 7.16. The quantitative estimate of drug-likeness (QED) is 0.843. The Morgan fingerprint density at radius 3 is 2.56 bits per heavy atom. The molecule has 1 aromatic carbocycles. The molecule has 0 saturated carbocycles. The van der Waals surface area contributed by atoms with Gasteiger partial charge in [-0.1, -0.05) is 29.8 Å². The number of halogens is 1. The summed E-state index contributed by atoms with van der Waals surface area (Å²) in [5.41, 5.74) is 7.77. The van der Waals surface area contributed by atoms with E-state index in [2.05, 4.69) is 0 Å². The zero-order valence-electron chi connectivity index (χ0n) is 9.05. The van der Waals surface area contributed by atoms with E-state index in [0.717, 1.165) is 5.56 Å². The van der Waals surface area contributed by atoms with Crippen molar-refractivity contribution < 1.29 is 9.63 Å². The molecule has 88 valence electrons. The molecular weight excluding hydrogens is 228 g/mol. The van der Waals surface area contributed by atoms with Gasteiger partial charge in [0.05, 0.1) is 13.2 Å². The van der Waals surface area contributed by atoms with Crippen LogP contribution in [-0.4, -0.2) is 23.6 Å². The van der Waals surface area contributed by atoms with Gasteiger partial charge in [-0.2, -0.15) is 0 Å². The Morgan fingerprint density at radius 1 is 1.44 bits per heavy atom. The van der Waals surface area contributed by atoms with Crippen LogP contribution in [-0.2, 0) is 16.2 Å². The molecule has 4 nitrogen and oxygen atoms in total. The van der Waals surface area contributed by atoms with Gasteiger partial charge >= 0.3 is 0 Å². The number of nitrogens with two attached hydrogens (primary N) is 1. The van der Waals surface area contributed by atoms with Crippen molar-refractivity contribution in [3.8, 4) is 0 Å². The third kappa shape index (κ3) is 2.72. The second-order valence-corrected chi connectivity index (χ2v) is 3.76. The SMILES string of the molecule is Cc1ccc(CN2OCC(N)C2=O)cc1.Cl. The van der Waals surface area contributed by atoms with Crippen LogP contribution >= 0.6 is 12.4 Å². The molecule has 1 aliphatic heterocycles. The van der Waals surface area contributed by atoms with Crippen LogP contribution in [0.25, 0.3) is 0 Å². The monoisotopic (exact) mass is 242 g/mol. The molecule has 0 radical (unpaired) electrons. The summed E-state index contributed by atoms with van der Waals surface area (Å²) in [6, 6.07) is 7.48. The van der Waals surface area contributed by atoms with E-state index in [9.17, 15) is 4.79 Å². The van der Waals surface area contributed by atoms with Gasteiger partial charge in [-0.3, -0.25) is 9.63 Å². The summed E-state index contributed by atoms with van der Waals surface area (Å²) in [5, 5.41) is 1.33. The maximum atomic E-state index is 11.5. The number of amides is 1. The highest BCUT2D eigenvalue weighted by Gasteiger charge is 2.29. The van der Waals surface area contributed by atoms with Gasteiger partial charge in [0.1, 0.15) is 6.04 Å². The first kappa shape index (κ1) is 13.0. The standard InChI is InChI=1S/C11H14N2O2.ClH/c1-8-2-4-9(5-3-8)6-13-11(14)10(12)7-15-13;/h2-5,10H,6-7,12H2,1H3;1H. The molecule has 2 N–H and O–H groups in total. The van der Waals surface area contributed by atoms with E-state index in [4.69, 9.17) is 10.6 Å². The number of carbonyl (C=O) groups excluding carboxylic acids is 1. The Labute approximate surface area is 101 Å². The number of rotatable bonds is 2. The van der Waals surface area contributed by atoms with Crippen molar-refractivity contribution in [2.24, 2.45) is 5.73 Å². The average molecular weight is 243 g/mol. The predicted octanol–water partition coefficient (Wildman–Crippen LogP) is 1.02. The number of hydroxylamine groups is 2. The van der Waals surface area contributed by atoms with Crippen LogP contribution in [0.4, 0.5) is 0 Å². The normalized spacial score (nSPS) is 19.8. The summed E-state index contributed by atoms with van der Waals surface area (Å²) in [6.07, 6.45) is 0. The van der Waals surface area contributed by atoms with Crippen molar-refractivity contribution in [1.29, 1.82) is 0 Å². The molecule has 1 amide bonds. The molecule has 2 rings (SSSR count). The van der Waals surface area contributed by atoms with Crippen LogP contribution in [0.15, 0.2) is 24.3 Å². The van der Waals surface area contributed by atoms with E-state index in [1.54, 1.807) is 0 Å². The van der Waals surface area contributed by atoms with Crippen LogP contribution in [0.2, 0.25) is 0 Å². The lowest BCUT2D eigenvalue weighted by molar-refractivity contribution is -0.164. The Bertz CT molecular complexity index is 367. The molecule has 1 heterocycles. The highest BCUT2D eigenvalue weighted by molar-refractivity contribution is 5.85. The van der Waals surface area contributed by atoms with Crippen LogP contribution in [0.1, 0.15) is 11.1 Å². The van der Waals surface area contributed by atoms with Gasteiger partial charge in [0.25, 0.3) is 5.91 Å². The largest absolute Gasteiger partial charge is 0.318 e. The Balaban J connectivity index is 0.00000128. The molecule has 0 spiro atoms. The molecule has 1 atom stereocenters. The van der Waals surface area contributed by atoms with Crippen molar-refractivity contribution in [2.75, 3.05) is 6.61 Å². The molecule has 1 unspecified atom stereocenters. The molecule has 1 saturated heterocycles. The van der Waals surface area contributed by atoms with E-state index >= 15 is 0 Å². The van der Waals surface area contributed by atoms with Crippen molar-refractivity contribution in [3.05, 3.63) is 35.4 Å². The van der Waals surface area contributed by atoms with Gasteiger partial charge in [-0.15, -0.1) is 12.4 Å². The summed E-state index contributed by atoms with van der Waals surface area (Å²) >= 11 is 0. The Kier molecular flexibility index (Phi) is 4.29. The zero-order chi connectivity index (χ0) is 10.8. The molecule has 0 aliphatic carbocycles.